The highest BCUT2D eigenvalue weighted by Crippen LogP contribution is 2.38. The first kappa shape index (κ1) is 27.8. The molecule has 11 heteroatoms. The third kappa shape index (κ3) is 5.34. The number of hydrogen-bond acceptors (Lipinski definition) is 9. The number of likely N-dealkylation sites (tertiary alicyclic amines) is 1. The van der Waals surface area contributed by atoms with Gasteiger partial charge in [0.1, 0.15) is 18.2 Å². The molecule has 1 aromatic heterocycles. The highest BCUT2D eigenvalue weighted by molar-refractivity contribution is 5.99. The maximum atomic E-state index is 11.9. The number of methoxy groups -OCH3 is 1. The van der Waals surface area contributed by atoms with Crippen LogP contribution < -0.4 is 19.3 Å². The predicted octanol–water partition coefficient (Wildman–Crippen LogP) is 3.76. The average Bonchev–Trinajstić information content (AvgIpc) is 3.43. The summed E-state index contributed by atoms with van der Waals surface area (Å²) in [6.07, 6.45) is 2.09. The minimum atomic E-state index is -0.995. The molecule has 1 N–H and O–H groups in total. The zero-order valence-corrected chi connectivity index (χ0v) is 24.2. The predicted molar refractivity (Wildman–Crippen MR) is 159 cm³/mol. The van der Waals surface area contributed by atoms with Gasteiger partial charge in [0.05, 0.1) is 37.9 Å². The Balaban J connectivity index is 1.35. The molecular weight excluding hydrogens is 534 g/mol. The largest absolute Gasteiger partial charge is 0.496 e. The van der Waals surface area contributed by atoms with Crippen LogP contribution in [0.2, 0.25) is 0 Å². The van der Waals surface area contributed by atoms with E-state index in [4.69, 9.17) is 19.4 Å². The second-order valence-corrected chi connectivity index (χ2v) is 11.3. The maximum Gasteiger partial charge on any atom is 0.407 e. The minimum Gasteiger partial charge on any atom is -0.496 e. The Bertz CT molecular complexity index is 1500. The summed E-state index contributed by atoms with van der Waals surface area (Å²) >= 11 is 0. The molecular formula is C31H37N7O4. The molecule has 0 saturated carbocycles. The summed E-state index contributed by atoms with van der Waals surface area (Å²) in [5, 5.41) is 21.3. The van der Waals surface area contributed by atoms with E-state index >= 15 is 0 Å². The number of hydrogen-bond donors (Lipinski definition) is 1. The Morgan fingerprint density at radius 1 is 1.10 bits per heavy atom. The van der Waals surface area contributed by atoms with Crippen LogP contribution in [0.4, 0.5) is 16.3 Å². The molecule has 6 rings (SSSR count). The van der Waals surface area contributed by atoms with Gasteiger partial charge < -0.3 is 34.2 Å². The monoisotopic (exact) mass is 571 g/mol. The quantitative estimate of drug-likeness (QED) is 0.449. The SMILES string of the molecule is COc1cccc2cccc(N3CCc4c(nc(OCC5CCCN5C)nc4N4CCN(C(=O)O)C(CC#N)C4)C3)c12. The van der Waals surface area contributed by atoms with Gasteiger partial charge in [0.15, 0.2) is 0 Å². The fourth-order valence-electron chi connectivity index (χ4n) is 6.58. The average molecular weight is 572 g/mol. The van der Waals surface area contributed by atoms with Gasteiger partial charge in [-0.05, 0) is 50.4 Å². The third-order valence-corrected chi connectivity index (χ3v) is 8.86. The van der Waals surface area contributed by atoms with E-state index in [-0.39, 0.29) is 6.42 Å². The number of carbonyl (C=O) groups is 1. The van der Waals surface area contributed by atoms with Gasteiger partial charge in [0, 0.05) is 48.9 Å². The molecule has 0 aliphatic carbocycles. The number of benzene rings is 2. The summed E-state index contributed by atoms with van der Waals surface area (Å²) in [5.41, 5.74) is 3.06. The van der Waals surface area contributed by atoms with Crippen LogP contribution >= 0.6 is 0 Å². The molecule has 3 aliphatic heterocycles. The number of likely N-dealkylation sites (N-methyl/N-ethyl adjacent to an activating group) is 1. The Hall–Kier alpha value is -4.30. The molecule has 3 aliphatic rings. The molecule has 1 amide bonds. The molecule has 2 unspecified atom stereocenters. The molecule has 3 aromatic rings. The third-order valence-electron chi connectivity index (χ3n) is 8.86. The van der Waals surface area contributed by atoms with Crippen molar-refractivity contribution in [1.82, 2.24) is 19.8 Å². The van der Waals surface area contributed by atoms with Crippen molar-refractivity contribution in [3.8, 4) is 17.8 Å². The zero-order valence-electron chi connectivity index (χ0n) is 24.2. The summed E-state index contributed by atoms with van der Waals surface area (Å²) in [5.74, 6) is 1.62. The van der Waals surface area contributed by atoms with Crippen LogP contribution in [0.15, 0.2) is 36.4 Å². The fourth-order valence-corrected chi connectivity index (χ4v) is 6.58. The van der Waals surface area contributed by atoms with Gasteiger partial charge in [-0.1, -0.05) is 24.3 Å². The van der Waals surface area contributed by atoms with Gasteiger partial charge in [0.2, 0.25) is 0 Å². The lowest BCUT2D eigenvalue weighted by Gasteiger charge is -2.41. The van der Waals surface area contributed by atoms with Crippen molar-refractivity contribution in [2.45, 2.75) is 44.3 Å². The number of rotatable bonds is 7. The van der Waals surface area contributed by atoms with E-state index in [0.29, 0.717) is 44.8 Å². The van der Waals surface area contributed by atoms with E-state index in [1.165, 1.54) is 4.90 Å². The van der Waals surface area contributed by atoms with Crippen molar-refractivity contribution in [2.75, 3.05) is 63.3 Å². The number of ether oxygens (including phenoxy) is 2. The lowest BCUT2D eigenvalue weighted by molar-refractivity contribution is 0.119. The standard InChI is InChI=1S/C31H37N7O4/c1-35-14-5-8-23(35)20-42-30-33-25-19-36(26-9-3-6-21-7-4-10-27(41-2)28(21)26)15-12-24(25)29(34-30)37-16-17-38(31(39)40)22(18-37)11-13-32/h3-4,6-7,9-10,22-23H,5,8,11-12,14-20H2,1-2H3,(H,39,40). The minimum absolute atomic E-state index is 0.129. The fraction of sp³-hybridized carbons (Fsp3) is 0.484. The molecule has 11 nitrogen and oxygen atoms in total. The highest BCUT2D eigenvalue weighted by atomic mass is 16.5. The molecule has 0 bridgehead atoms. The topological polar surface area (TPSA) is 118 Å². The van der Waals surface area contributed by atoms with Gasteiger partial charge in [-0.3, -0.25) is 0 Å². The van der Waals surface area contributed by atoms with Gasteiger partial charge >= 0.3 is 12.1 Å². The number of nitrogens with zero attached hydrogens (tertiary/aromatic N) is 7. The van der Waals surface area contributed by atoms with E-state index in [9.17, 15) is 15.2 Å². The molecule has 0 spiro atoms. The van der Waals surface area contributed by atoms with E-state index in [0.717, 1.165) is 71.6 Å². The number of amides is 1. The number of aromatic nitrogens is 2. The van der Waals surface area contributed by atoms with Gasteiger partial charge in [-0.2, -0.15) is 15.2 Å². The van der Waals surface area contributed by atoms with Gasteiger partial charge in [-0.15, -0.1) is 0 Å². The van der Waals surface area contributed by atoms with Crippen molar-refractivity contribution in [3.05, 3.63) is 47.7 Å². The number of carboxylic acid groups (broad SMARTS) is 1. The van der Waals surface area contributed by atoms with Crippen molar-refractivity contribution in [2.24, 2.45) is 0 Å². The van der Waals surface area contributed by atoms with Crippen molar-refractivity contribution in [3.63, 3.8) is 0 Å². The first-order valence-corrected chi connectivity index (χ1v) is 14.6. The zero-order chi connectivity index (χ0) is 29.2. The lowest BCUT2D eigenvalue weighted by Crippen LogP contribution is -2.55. The van der Waals surface area contributed by atoms with Gasteiger partial charge in [-0.25, -0.2) is 4.79 Å². The molecule has 0 radical (unpaired) electrons. The Labute approximate surface area is 245 Å². The summed E-state index contributed by atoms with van der Waals surface area (Å²) in [6.45, 7) is 4.13. The molecule has 2 fully saturated rings. The maximum absolute atomic E-state index is 11.9. The Morgan fingerprint density at radius 2 is 1.93 bits per heavy atom. The van der Waals surface area contributed by atoms with Crippen LogP contribution in [0.1, 0.15) is 30.5 Å². The molecule has 4 heterocycles. The van der Waals surface area contributed by atoms with E-state index in [2.05, 4.69) is 52.1 Å². The summed E-state index contributed by atoms with van der Waals surface area (Å²) < 4.78 is 12.0. The van der Waals surface area contributed by atoms with E-state index in [1.807, 2.05) is 12.1 Å². The number of fused-ring (bicyclic) bond motifs is 2. The van der Waals surface area contributed by atoms with Crippen molar-refractivity contribution >= 4 is 28.4 Å². The number of piperazine rings is 1. The second-order valence-electron chi connectivity index (χ2n) is 11.3. The molecule has 2 aromatic carbocycles. The van der Waals surface area contributed by atoms with E-state index < -0.39 is 12.1 Å². The summed E-state index contributed by atoms with van der Waals surface area (Å²) in [7, 11) is 3.82. The molecule has 42 heavy (non-hydrogen) atoms. The van der Waals surface area contributed by atoms with Gasteiger partial charge in [0.25, 0.3) is 0 Å². The second kappa shape index (κ2) is 11.9. The van der Waals surface area contributed by atoms with Crippen LogP contribution in [0.3, 0.4) is 0 Å². The Morgan fingerprint density at radius 3 is 2.67 bits per heavy atom. The summed E-state index contributed by atoms with van der Waals surface area (Å²) in [4.78, 5) is 29.9. The first-order chi connectivity index (χ1) is 20.5. The van der Waals surface area contributed by atoms with Crippen LogP contribution in [0.5, 0.6) is 11.8 Å². The smallest absolute Gasteiger partial charge is 0.407 e. The molecule has 220 valence electrons. The normalized spacial score (nSPS) is 20.8. The van der Waals surface area contributed by atoms with E-state index in [1.54, 1.807) is 7.11 Å². The van der Waals surface area contributed by atoms with Crippen LogP contribution in [0.25, 0.3) is 10.8 Å². The van der Waals surface area contributed by atoms with Crippen LogP contribution in [-0.4, -0.2) is 96.5 Å². The molecule has 2 saturated heterocycles. The van der Waals surface area contributed by atoms with Crippen molar-refractivity contribution in [1.29, 1.82) is 5.26 Å². The highest BCUT2D eigenvalue weighted by Gasteiger charge is 2.34. The molecule has 2 atom stereocenters. The number of nitriles is 1. The summed E-state index contributed by atoms with van der Waals surface area (Å²) in [6, 6.07) is 14.8. The first-order valence-electron chi connectivity index (χ1n) is 14.6. The van der Waals surface area contributed by atoms with Crippen LogP contribution in [0, 0.1) is 11.3 Å². The number of anilines is 2. The lowest BCUT2D eigenvalue weighted by atomic mass is 10.0. The van der Waals surface area contributed by atoms with Crippen molar-refractivity contribution < 1.29 is 19.4 Å². The van der Waals surface area contributed by atoms with Crippen LogP contribution in [-0.2, 0) is 13.0 Å². The Kier molecular flexibility index (Phi) is 7.89.